The molecule has 1 fully saturated rings. The normalized spacial score (nSPS) is 20.2. The summed E-state index contributed by atoms with van der Waals surface area (Å²) < 4.78 is 0. The molecule has 1 aliphatic rings. The van der Waals surface area contributed by atoms with Crippen molar-refractivity contribution in [2.45, 2.75) is 44.6 Å². The quantitative estimate of drug-likeness (QED) is 0.501. The summed E-state index contributed by atoms with van der Waals surface area (Å²) in [5.41, 5.74) is 0. The van der Waals surface area contributed by atoms with E-state index in [9.17, 15) is 0 Å². The van der Waals surface area contributed by atoms with Gasteiger partial charge >= 0.3 is 6.00 Å². The number of rotatable bonds is 4. The molecule has 0 bridgehead atoms. The molecule has 72 valence electrons. The highest BCUT2D eigenvalue weighted by Gasteiger charge is 2.25. The van der Waals surface area contributed by atoms with Gasteiger partial charge in [0.05, 0.1) is 0 Å². The Morgan fingerprint density at radius 2 is 1.67 bits per heavy atom. The van der Waals surface area contributed by atoms with Gasteiger partial charge in [-0.05, 0) is 12.0 Å². The SMILES string of the molecule is Cl[Si](Cl)(Cl)CCCC1CCCC1. The molecule has 0 N–H and O–H groups in total. The average molecular weight is 246 g/mol. The summed E-state index contributed by atoms with van der Waals surface area (Å²) in [6.45, 7) is 0. The van der Waals surface area contributed by atoms with E-state index in [1.54, 1.807) is 0 Å². The predicted octanol–water partition coefficient (Wildman–Crippen LogP) is 4.61. The molecule has 4 heteroatoms. The molecule has 1 rings (SSSR count). The summed E-state index contributed by atoms with van der Waals surface area (Å²) in [5, 5.41) is 0. The summed E-state index contributed by atoms with van der Waals surface area (Å²) in [5.74, 6) is 0.936. The monoisotopic (exact) mass is 244 g/mol. The zero-order valence-corrected chi connectivity index (χ0v) is 10.4. The van der Waals surface area contributed by atoms with Crippen LogP contribution in [0.3, 0.4) is 0 Å². The molecule has 0 unspecified atom stereocenters. The molecule has 0 aromatic heterocycles. The molecule has 0 amide bonds. The van der Waals surface area contributed by atoms with E-state index in [1.807, 2.05) is 0 Å². The average Bonchev–Trinajstić information content (AvgIpc) is 2.36. The Bertz CT molecular complexity index is 127. The van der Waals surface area contributed by atoms with Crippen LogP contribution in [0.15, 0.2) is 0 Å². The van der Waals surface area contributed by atoms with E-state index in [0.29, 0.717) is 0 Å². The molecular weight excluding hydrogens is 231 g/mol. The van der Waals surface area contributed by atoms with Gasteiger partial charge in [0.2, 0.25) is 0 Å². The fourth-order valence-corrected chi connectivity index (χ4v) is 3.70. The van der Waals surface area contributed by atoms with Crippen molar-refractivity contribution in [3.8, 4) is 0 Å². The van der Waals surface area contributed by atoms with Crippen molar-refractivity contribution in [2.75, 3.05) is 0 Å². The van der Waals surface area contributed by atoms with E-state index < -0.39 is 6.00 Å². The smallest absolute Gasteiger partial charge is 0.126 e. The minimum atomic E-state index is -2.31. The van der Waals surface area contributed by atoms with Gasteiger partial charge in [-0.2, -0.15) is 0 Å². The van der Waals surface area contributed by atoms with Crippen molar-refractivity contribution in [1.82, 2.24) is 0 Å². The Morgan fingerprint density at radius 3 is 2.17 bits per heavy atom. The lowest BCUT2D eigenvalue weighted by Crippen LogP contribution is -2.08. The fraction of sp³-hybridized carbons (Fsp3) is 1.00. The van der Waals surface area contributed by atoms with Gasteiger partial charge in [0.1, 0.15) is 0 Å². The first-order chi connectivity index (χ1) is 5.58. The first kappa shape index (κ1) is 11.2. The van der Waals surface area contributed by atoms with Crippen LogP contribution in [-0.4, -0.2) is 6.00 Å². The van der Waals surface area contributed by atoms with Crippen LogP contribution in [0.25, 0.3) is 0 Å². The van der Waals surface area contributed by atoms with Crippen LogP contribution < -0.4 is 0 Å². The van der Waals surface area contributed by atoms with Crippen molar-refractivity contribution in [3.05, 3.63) is 0 Å². The molecule has 0 nitrogen and oxygen atoms in total. The maximum Gasteiger partial charge on any atom is 0.341 e. The largest absolute Gasteiger partial charge is 0.341 e. The van der Waals surface area contributed by atoms with E-state index in [1.165, 1.54) is 32.1 Å². The van der Waals surface area contributed by atoms with Gasteiger partial charge < -0.3 is 0 Å². The highest BCUT2D eigenvalue weighted by Crippen LogP contribution is 2.32. The zero-order valence-electron chi connectivity index (χ0n) is 7.16. The maximum atomic E-state index is 5.79. The van der Waals surface area contributed by atoms with Gasteiger partial charge in [-0.3, -0.25) is 0 Å². The molecule has 0 saturated heterocycles. The molecule has 0 heterocycles. The van der Waals surface area contributed by atoms with E-state index in [4.69, 9.17) is 33.2 Å². The lowest BCUT2D eigenvalue weighted by atomic mass is 10.0. The van der Waals surface area contributed by atoms with Crippen molar-refractivity contribution in [1.29, 1.82) is 0 Å². The first-order valence-corrected chi connectivity index (χ1v) is 9.89. The van der Waals surface area contributed by atoms with Crippen molar-refractivity contribution in [2.24, 2.45) is 5.92 Å². The van der Waals surface area contributed by atoms with Crippen LogP contribution >= 0.6 is 33.2 Å². The molecule has 0 aromatic rings. The summed E-state index contributed by atoms with van der Waals surface area (Å²) >= 11 is 17.4. The van der Waals surface area contributed by atoms with E-state index in [0.717, 1.165) is 18.4 Å². The van der Waals surface area contributed by atoms with Crippen LogP contribution in [0.5, 0.6) is 0 Å². The summed E-state index contributed by atoms with van der Waals surface area (Å²) in [4.78, 5) is 0. The van der Waals surface area contributed by atoms with Crippen LogP contribution in [0, 0.1) is 5.92 Å². The summed E-state index contributed by atoms with van der Waals surface area (Å²) in [7, 11) is 0. The first-order valence-electron chi connectivity index (χ1n) is 4.65. The topological polar surface area (TPSA) is 0 Å². The van der Waals surface area contributed by atoms with Crippen LogP contribution in [0.1, 0.15) is 38.5 Å². The third kappa shape index (κ3) is 4.96. The number of halogens is 3. The second kappa shape index (κ2) is 5.09. The molecule has 0 spiro atoms. The fourth-order valence-electron chi connectivity index (χ4n) is 1.89. The molecule has 0 aromatic carbocycles. The number of hydrogen-bond donors (Lipinski definition) is 0. The Balaban J connectivity index is 2.02. The van der Waals surface area contributed by atoms with Crippen LogP contribution in [0.4, 0.5) is 0 Å². The molecule has 0 atom stereocenters. The van der Waals surface area contributed by atoms with Crippen molar-refractivity contribution < 1.29 is 0 Å². The Morgan fingerprint density at radius 1 is 1.08 bits per heavy atom. The zero-order chi connectivity index (χ0) is 9.03. The van der Waals surface area contributed by atoms with Crippen molar-refractivity contribution >= 4 is 39.2 Å². The Kier molecular flexibility index (Phi) is 4.73. The number of hydrogen-bond acceptors (Lipinski definition) is 0. The third-order valence-corrected chi connectivity index (χ3v) is 5.17. The van der Waals surface area contributed by atoms with Gasteiger partial charge in [-0.15, -0.1) is 33.2 Å². The van der Waals surface area contributed by atoms with Gasteiger partial charge in [0, 0.05) is 0 Å². The molecular formula is C8H15Cl3Si. The van der Waals surface area contributed by atoms with Gasteiger partial charge in [0.15, 0.2) is 0 Å². The minimum Gasteiger partial charge on any atom is -0.126 e. The predicted molar refractivity (Wildman–Crippen MR) is 59.3 cm³/mol. The standard InChI is InChI=1S/C8H15Cl3Si/c9-12(10,11)7-3-6-8-4-1-2-5-8/h8H,1-7H2. The maximum absolute atomic E-state index is 5.79. The Labute approximate surface area is 89.7 Å². The van der Waals surface area contributed by atoms with Gasteiger partial charge in [0.25, 0.3) is 0 Å². The van der Waals surface area contributed by atoms with E-state index >= 15 is 0 Å². The second-order valence-electron chi connectivity index (χ2n) is 3.66. The molecule has 1 saturated carbocycles. The molecule has 12 heavy (non-hydrogen) atoms. The highest BCUT2D eigenvalue weighted by atomic mass is 35.8. The molecule has 0 aliphatic heterocycles. The summed E-state index contributed by atoms with van der Waals surface area (Å²) in [6.07, 6.45) is 8.03. The van der Waals surface area contributed by atoms with Crippen LogP contribution in [-0.2, 0) is 0 Å². The van der Waals surface area contributed by atoms with Crippen molar-refractivity contribution in [3.63, 3.8) is 0 Å². The van der Waals surface area contributed by atoms with E-state index in [-0.39, 0.29) is 0 Å². The molecule has 0 radical (unpaired) electrons. The van der Waals surface area contributed by atoms with Crippen LogP contribution in [0.2, 0.25) is 6.04 Å². The lowest BCUT2D eigenvalue weighted by Gasteiger charge is -2.10. The summed E-state index contributed by atoms with van der Waals surface area (Å²) in [6, 6.07) is -1.47. The van der Waals surface area contributed by atoms with Gasteiger partial charge in [-0.25, -0.2) is 0 Å². The second-order valence-corrected chi connectivity index (χ2v) is 12.9. The molecule has 1 aliphatic carbocycles. The third-order valence-electron chi connectivity index (χ3n) is 2.55. The highest BCUT2D eigenvalue weighted by molar-refractivity contribution is 7.64. The van der Waals surface area contributed by atoms with Gasteiger partial charge in [-0.1, -0.05) is 38.5 Å². The minimum absolute atomic E-state index is 0.841. The van der Waals surface area contributed by atoms with E-state index in [2.05, 4.69) is 0 Å². The Hall–Kier alpha value is 1.09. The lowest BCUT2D eigenvalue weighted by molar-refractivity contribution is 0.496.